The molecule has 0 amide bonds. The summed E-state index contributed by atoms with van der Waals surface area (Å²) in [7, 11) is 0. The van der Waals surface area contributed by atoms with E-state index in [1.165, 1.54) is 6.92 Å². The SMILES string of the molecule is CC(C)(C)[C@@](C)(O)C#N. The summed E-state index contributed by atoms with van der Waals surface area (Å²) < 4.78 is 0. The van der Waals surface area contributed by atoms with Crippen LogP contribution in [0.1, 0.15) is 27.7 Å². The highest BCUT2D eigenvalue weighted by Crippen LogP contribution is 2.28. The average molecular weight is 127 g/mol. The zero-order valence-corrected chi connectivity index (χ0v) is 6.39. The molecular weight excluding hydrogens is 114 g/mol. The number of nitrogens with zero attached hydrogens (tertiary/aromatic N) is 1. The summed E-state index contributed by atoms with van der Waals surface area (Å²) >= 11 is 0. The Labute approximate surface area is 56.1 Å². The van der Waals surface area contributed by atoms with Gasteiger partial charge in [-0.3, -0.25) is 0 Å². The summed E-state index contributed by atoms with van der Waals surface area (Å²) in [4.78, 5) is 0. The van der Waals surface area contributed by atoms with Crippen LogP contribution in [-0.4, -0.2) is 10.7 Å². The Kier molecular flexibility index (Phi) is 1.88. The van der Waals surface area contributed by atoms with Crippen LogP contribution < -0.4 is 0 Å². The molecule has 0 aromatic heterocycles. The van der Waals surface area contributed by atoms with E-state index in [2.05, 4.69) is 0 Å². The molecule has 0 saturated carbocycles. The first-order valence-electron chi connectivity index (χ1n) is 2.95. The van der Waals surface area contributed by atoms with Gasteiger partial charge in [0.05, 0.1) is 6.07 Å². The zero-order chi connectivity index (χ0) is 7.71. The van der Waals surface area contributed by atoms with Gasteiger partial charge in [0.2, 0.25) is 0 Å². The lowest BCUT2D eigenvalue weighted by Gasteiger charge is -2.29. The van der Waals surface area contributed by atoms with E-state index in [0.717, 1.165) is 0 Å². The van der Waals surface area contributed by atoms with Gasteiger partial charge >= 0.3 is 0 Å². The average Bonchev–Trinajstić information content (AvgIpc) is 1.64. The minimum absolute atomic E-state index is 0.359. The molecule has 0 aliphatic rings. The molecule has 0 heterocycles. The lowest BCUT2D eigenvalue weighted by molar-refractivity contribution is 0.0109. The van der Waals surface area contributed by atoms with Gasteiger partial charge in [-0.25, -0.2) is 0 Å². The third-order valence-corrected chi connectivity index (χ3v) is 1.68. The number of hydrogen-bond donors (Lipinski definition) is 1. The lowest BCUT2D eigenvalue weighted by atomic mass is 9.79. The van der Waals surface area contributed by atoms with Gasteiger partial charge in [0.25, 0.3) is 0 Å². The molecule has 0 aliphatic carbocycles. The minimum atomic E-state index is -1.22. The fourth-order valence-electron chi connectivity index (χ4n) is 0.168. The van der Waals surface area contributed by atoms with E-state index in [1.807, 2.05) is 26.8 Å². The molecule has 0 bridgehead atoms. The molecule has 0 radical (unpaired) electrons. The second-order valence-electron chi connectivity index (χ2n) is 3.43. The first-order valence-corrected chi connectivity index (χ1v) is 2.95. The zero-order valence-electron chi connectivity index (χ0n) is 6.39. The summed E-state index contributed by atoms with van der Waals surface area (Å²) in [5, 5.41) is 17.7. The molecule has 1 N–H and O–H groups in total. The summed E-state index contributed by atoms with van der Waals surface area (Å²) in [5.74, 6) is 0. The van der Waals surface area contributed by atoms with Crippen LogP contribution in [0.2, 0.25) is 0 Å². The summed E-state index contributed by atoms with van der Waals surface area (Å²) in [6, 6.07) is 1.84. The van der Waals surface area contributed by atoms with Gasteiger partial charge in [-0.05, 0) is 6.92 Å². The van der Waals surface area contributed by atoms with Crippen molar-refractivity contribution in [2.75, 3.05) is 0 Å². The van der Waals surface area contributed by atoms with E-state index in [0.29, 0.717) is 0 Å². The van der Waals surface area contributed by atoms with Gasteiger partial charge in [0.15, 0.2) is 5.60 Å². The van der Waals surface area contributed by atoms with E-state index in [1.54, 1.807) is 0 Å². The smallest absolute Gasteiger partial charge is 0.153 e. The number of nitriles is 1. The normalized spacial score (nSPS) is 18.2. The largest absolute Gasteiger partial charge is 0.375 e. The first kappa shape index (κ1) is 8.45. The topological polar surface area (TPSA) is 44.0 Å². The fraction of sp³-hybridized carbons (Fsp3) is 0.857. The predicted molar refractivity (Wildman–Crippen MR) is 35.7 cm³/mol. The van der Waals surface area contributed by atoms with Crippen molar-refractivity contribution in [3.8, 4) is 6.07 Å². The molecule has 0 rings (SSSR count). The van der Waals surface area contributed by atoms with Gasteiger partial charge in [-0.1, -0.05) is 20.8 Å². The Morgan fingerprint density at radius 1 is 1.22 bits per heavy atom. The third-order valence-electron chi connectivity index (χ3n) is 1.68. The van der Waals surface area contributed by atoms with Gasteiger partial charge in [-0.15, -0.1) is 0 Å². The lowest BCUT2D eigenvalue weighted by Crippen LogP contribution is -2.37. The van der Waals surface area contributed by atoms with Gasteiger partial charge in [0.1, 0.15) is 0 Å². The van der Waals surface area contributed by atoms with Crippen LogP contribution in [0.5, 0.6) is 0 Å². The van der Waals surface area contributed by atoms with E-state index < -0.39 is 5.60 Å². The van der Waals surface area contributed by atoms with Gasteiger partial charge in [-0.2, -0.15) is 5.26 Å². The molecular formula is C7H13NO. The van der Waals surface area contributed by atoms with E-state index in [9.17, 15) is 5.11 Å². The molecule has 52 valence electrons. The summed E-state index contributed by atoms with van der Waals surface area (Å²) in [5.41, 5.74) is -1.57. The molecule has 0 unspecified atom stereocenters. The molecule has 9 heavy (non-hydrogen) atoms. The van der Waals surface area contributed by atoms with E-state index in [4.69, 9.17) is 5.26 Å². The predicted octanol–water partition coefficient (Wildman–Crippen LogP) is 1.31. The van der Waals surface area contributed by atoms with Crippen molar-refractivity contribution in [2.24, 2.45) is 5.41 Å². The molecule has 0 spiro atoms. The molecule has 1 atom stereocenters. The van der Waals surface area contributed by atoms with E-state index in [-0.39, 0.29) is 5.41 Å². The molecule has 0 aromatic carbocycles. The Morgan fingerprint density at radius 2 is 1.56 bits per heavy atom. The van der Waals surface area contributed by atoms with Crippen LogP contribution in [0, 0.1) is 16.7 Å². The van der Waals surface area contributed by atoms with Crippen molar-refractivity contribution in [3.63, 3.8) is 0 Å². The quantitative estimate of drug-likeness (QED) is 0.498. The minimum Gasteiger partial charge on any atom is -0.375 e. The van der Waals surface area contributed by atoms with Crippen LogP contribution in [0.25, 0.3) is 0 Å². The monoisotopic (exact) mass is 127 g/mol. The number of aliphatic hydroxyl groups is 1. The summed E-state index contributed by atoms with van der Waals surface area (Å²) in [6.45, 7) is 7.01. The Balaban J connectivity index is 4.39. The Morgan fingerprint density at radius 3 is 1.56 bits per heavy atom. The molecule has 0 aromatic rings. The first-order chi connectivity index (χ1) is 3.81. The van der Waals surface area contributed by atoms with E-state index >= 15 is 0 Å². The maximum atomic E-state index is 9.30. The molecule has 0 aliphatic heterocycles. The highest BCUT2D eigenvalue weighted by molar-refractivity contribution is 5.03. The summed E-state index contributed by atoms with van der Waals surface area (Å²) in [6.07, 6.45) is 0. The molecule has 0 saturated heterocycles. The third kappa shape index (κ3) is 1.69. The van der Waals surface area contributed by atoms with Crippen LogP contribution in [0.4, 0.5) is 0 Å². The second kappa shape index (κ2) is 2.00. The highest BCUT2D eigenvalue weighted by atomic mass is 16.3. The van der Waals surface area contributed by atoms with Crippen molar-refractivity contribution in [1.29, 1.82) is 5.26 Å². The van der Waals surface area contributed by atoms with Gasteiger partial charge < -0.3 is 5.11 Å². The van der Waals surface area contributed by atoms with Crippen LogP contribution >= 0.6 is 0 Å². The van der Waals surface area contributed by atoms with Crippen molar-refractivity contribution >= 4 is 0 Å². The molecule has 0 fully saturated rings. The Bertz CT molecular complexity index is 136. The standard InChI is InChI=1S/C7H13NO/c1-6(2,3)7(4,9)5-8/h9H,1-4H3/t7-/m0/s1. The molecule has 2 heteroatoms. The molecule has 2 nitrogen and oxygen atoms in total. The highest BCUT2D eigenvalue weighted by Gasteiger charge is 2.34. The van der Waals surface area contributed by atoms with Crippen molar-refractivity contribution < 1.29 is 5.11 Å². The number of rotatable bonds is 0. The Hall–Kier alpha value is -0.550. The number of hydrogen-bond acceptors (Lipinski definition) is 2. The van der Waals surface area contributed by atoms with Crippen LogP contribution in [-0.2, 0) is 0 Å². The van der Waals surface area contributed by atoms with Gasteiger partial charge in [0, 0.05) is 5.41 Å². The maximum absolute atomic E-state index is 9.30. The van der Waals surface area contributed by atoms with Crippen molar-refractivity contribution in [3.05, 3.63) is 0 Å². The van der Waals surface area contributed by atoms with Crippen molar-refractivity contribution in [1.82, 2.24) is 0 Å². The van der Waals surface area contributed by atoms with Crippen LogP contribution in [0.15, 0.2) is 0 Å². The fourth-order valence-corrected chi connectivity index (χ4v) is 0.168. The van der Waals surface area contributed by atoms with Crippen LogP contribution in [0.3, 0.4) is 0 Å². The van der Waals surface area contributed by atoms with Crippen molar-refractivity contribution in [2.45, 2.75) is 33.3 Å². The second-order valence-corrected chi connectivity index (χ2v) is 3.43. The maximum Gasteiger partial charge on any atom is 0.153 e.